The summed E-state index contributed by atoms with van der Waals surface area (Å²) in [5.74, 6) is 0.0785. The Labute approximate surface area is 131 Å². The van der Waals surface area contributed by atoms with E-state index in [-0.39, 0.29) is 24.4 Å². The second kappa shape index (κ2) is 6.93. The molecular weight excluding hydrogens is 302 g/mol. The highest BCUT2D eigenvalue weighted by molar-refractivity contribution is 6.00. The van der Waals surface area contributed by atoms with Crippen molar-refractivity contribution in [3.05, 3.63) is 50.7 Å². The van der Waals surface area contributed by atoms with Crippen LogP contribution in [0.4, 0.5) is 0 Å². The average molecular weight is 319 g/mol. The van der Waals surface area contributed by atoms with Gasteiger partial charge in [-0.1, -0.05) is 0 Å². The number of benzene rings is 1. The van der Waals surface area contributed by atoms with Crippen LogP contribution >= 0.6 is 0 Å². The van der Waals surface area contributed by atoms with Gasteiger partial charge in [0.05, 0.1) is 25.9 Å². The van der Waals surface area contributed by atoms with Crippen molar-refractivity contribution in [2.45, 2.75) is 6.92 Å². The van der Waals surface area contributed by atoms with E-state index in [1.807, 2.05) is 0 Å². The molecule has 0 spiro atoms. The summed E-state index contributed by atoms with van der Waals surface area (Å²) in [5, 5.41) is 19.2. The lowest BCUT2D eigenvalue weighted by Gasteiger charge is -2.11. The molecule has 0 bridgehead atoms. The van der Waals surface area contributed by atoms with Gasteiger partial charge in [0, 0.05) is 5.71 Å². The van der Waals surface area contributed by atoms with Gasteiger partial charge in [-0.25, -0.2) is 9.36 Å². The van der Waals surface area contributed by atoms with Crippen LogP contribution in [0.1, 0.15) is 12.5 Å². The van der Waals surface area contributed by atoms with Crippen molar-refractivity contribution in [1.29, 1.82) is 0 Å². The average Bonchev–Trinajstić information content (AvgIpc) is 2.53. The zero-order valence-electron chi connectivity index (χ0n) is 12.7. The van der Waals surface area contributed by atoms with Gasteiger partial charge in [0.15, 0.2) is 0 Å². The van der Waals surface area contributed by atoms with Gasteiger partial charge in [-0.2, -0.15) is 0 Å². The van der Waals surface area contributed by atoms with Gasteiger partial charge in [-0.15, -0.1) is 0 Å². The molecular formula is C15H17N3O5. The predicted molar refractivity (Wildman–Crippen MR) is 85.0 cm³/mol. The third-order valence-corrected chi connectivity index (χ3v) is 3.23. The smallest absolute Gasteiger partial charge is 0.335 e. The van der Waals surface area contributed by atoms with Gasteiger partial charge < -0.3 is 14.9 Å². The molecule has 2 rings (SSSR count). The van der Waals surface area contributed by atoms with E-state index in [2.05, 4.69) is 9.98 Å². The number of aliphatic hydroxyl groups is 1. The first-order chi connectivity index (χ1) is 11.0. The van der Waals surface area contributed by atoms with Crippen molar-refractivity contribution < 1.29 is 14.9 Å². The molecule has 3 N–H and O–H groups in total. The Morgan fingerprint density at radius 1 is 1.30 bits per heavy atom. The summed E-state index contributed by atoms with van der Waals surface area (Å²) in [4.78, 5) is 30.1. The topological polar surface area (TPSA) is 117 Å². The first kappa shape index (κ1) is 16.5. The van der Waals surface area contributed by atoms with E-state index in [9.17, 15) is 14.7 Å². The van der Waals surface area contributed by atoms with Crippen molar-refractivity contribution in [3.63, 3.8) is 0 Å². The summed E-state index contributed by atoms with van der Waals surface area (Å²) in [6, 6.07) is 6.39. The maximum absolute atomic E-state index is 12.0. The first-order valence-corrected chi connectivity index (χ1v) is 6.84. The molecule has 0 saturated carbocycles. The van der Waals surface area contributed by atoms with E-state index in [4.69, 9.17) is 9.84 Å². The molecule has 23 heavy (non-hydrogen) atoms. The minimum atomic E-state index is -0.767. The number of aromatic amines is 1. The summed E-state index contributed by atoms with van der Waals surface area (Å²) in [7, 11) is 1.51. The number of nitrogens with zero attached hydrogens (tertiary/aromatic N) is 2. The number of nitrogens with one attached hydrogen (secondary N) is 1. The molecule has 1 aromatic heterocycles. The summed E-state index contributed by atoms with van der Waals surface area (Å²) in [6.07, 6.45) is 0. The van der Waals surface area contributed by atoms with Gasteiger partial charge in [0.25, 0.3) is 5.56 Å². The lowest BCUT2D eigenvalue weighted by molar-refractivity contribution is 0.307. The lowest BCUT2D eigenvalue weighted by atomic mass is 10.2. The largest absolute Gasteiger partial charge is 0.497 e. The fraction of sp³-hybridized carbons (Fsp3) is 0.267. The molecule has 0 atom stereocenters. The molecule has 1 aromatic carbocycles. The minimum Gasteiger partial charge on any atom is -0.497 e. The van der Waals surface area contributed by atoms with Gasteiger partial charge in [0.2, 0.25) is 5.88 Å². The molecule has 0 saturated heterocycles. The van der Waals surface area contributed by atoms with Crippen molar-refractivity contribution in [2.24, 2.45) is 4.99 Å². The Morgan fingerprint density at radius 3 is 2.52 bits per heavy atom. The number of aliphatic imine (C=N–C) groups is 1. The molecule has 2 aromatic rings. The number of aromatic hydroxyl groups is 1. The third kappa shape index (κ3) is 3.32. The number of hydrogen-bond donors (Lipinski definition) is 3. The second-order valence-corrected chi connectivity index (χ2v) is 4.68. The van der Waals surface area contributed by atoms with E-state index >= 15 is 0 Å². The summed E-state index contributed by atoms with van der Waals surface area (Å²) < 4.78 is 6.01. The van der Waals surface area contributed by atoms with E-state index in [0.717, 1.165) is 4.57 Å². The highest BCUT2D eigenvalue weighted by Gasteiger charge is 2.17. The molecule has 0 aliphatic carbocycles. The monoisotopic (exact) mass is 319 g/mol. The van der Waals surface area contributed by atoms with Crippen molar-refractivity contribution in [2.75, 3.05) is 20.3 Å². The van der Waals surface area contributed by atoms with Crippen LogP contribution < -0.4 is 16.0 Å². The Balaban J connectivity index is 2.65. The standard InChI is InChI=1S/C15H17N3O5/c1-9(16-7-8-19)12-13(20)17-15(22)18(14(12)21)10-3-5-11(23-2)6-4-10/h3-6,19,21H,7-8H2,1-2H3,(H,17,20,22). The molecule has 0 amide bonds. The van der Waals surface area contributed by atoms with Crippen LogP contribution in [-0.2, 0) is 0 Å². The van der Waals surface area contributed by atoms with Gasteiger partial charge in [0.1, 0.15) is 11.3 Å². The van der Waals surface area contributed by atoms with E-state index < -0.39 is 17.1 Å². The highest BCUT2D eigenvalue weighted by atomic mass is 16.5. The molecule has 8 nitrogen and oxygen atoms in total. The van der Waals surface area contributed by atoms with Crippen LogP contribution in [0, 0.1) is 0 Å². The van der Waals surface area contributed by atoms with Crippen LogP contribution in [0.25, 0.3) is 5.69 Å². The minimum absolute atomic E-state index is 0.0897. The lowest BCUT2D eigenvalue weighted by Crippen LogP contribution is -2.32. The number of aliphatic hydroxyl groups excluding tert-OH is 1. The molecule has 0 aliphatic heterocycles. The van der Waals surface area contributed by atoms with Gasteiger partial charge in [-0.3, -0.25) is 14.8 Å². The second-order valence-electron chi connectivity index (χ2n) is 4.68. The Kier molecular flexibility index (Phi) is 4.97. The van der Waals surface area contributed by atoms with Crippen LogP contribution in [-0.4, -0.2) is 45.7 Å². The fourth-order valence-corrected chi connectivity index (χ4v) is 2.12. The SMILES string of the molecule is COc1ccc(-n2c(O)c(C(C)=NCCO)c(=O)[nH]c2=O)cc1. The number of rotatable bonds is 5. The summed E-state index contributed by atoms with van der Waals surface area (Å²) >= 11 is 0. The van der Waals surface area contributed by atoms with Crippen molar-refractivity contribution in [1.82, 2.24) is 9.55 Å². The predicted octanol–water partition coefficient (Wildman–Crippen LogP) is 0.0413. The number of ether oxygens (including phenoxy) is 1. The van der Waals surface area contributed by atoms with Crippen LogP contribution in [0.15, 0.2) is 38.8 Å². The molecule has 0 radical (unpaired) electrons. The van der Waals surface area contributed by atoms with E-state index in [1.165, 1.54) is 14.0 Å². The molecule has 0 aliphatic rings. The third-order valence-electron chi connectivity index (χ3n) is 3.23. The summed E-state index contributed by atoms with van der Waals surface area (Å²) in [6.45, 7) is 1.42. The molecule has 0 unspecified atom stereocenters. The highest BCUT2D eigenvalue weighted by Crippen LogP contribution is 2.19. The van der Waals surface area contributed by atoms with Crippen molar-refractivity contribution in [3.8, 4) is 17.3 Å². The normalized spacial score (nSPS) is 11.5. The number of methoxy groups -OCH3 is 1. The molecule has 8 heteroatoms. The molecule has 122 valence electrons. The summed E-state index contributed by atoms with van der Waals surface area (Å²) in [5.41, 5.74) is -1.04. The zero-order valence-corrected chi connectivity index (χ0v) is 12.7. The van der Waals surface area contributed by atoms with Gasteiger partial charge >= 0.3 is 5.69 Å². The van der Waals surface area contributed by atoms with E-state index in [0.29, 0.717) is 11.4 Å². The van der Waals surface area contributed by atoms with Gasteiger partial charge in [-0.05, 0) is 31.2 Å². The Morgan fingerprint density at radius 2 is 1.96 bits per heavy atom. The maximum atomic E-state index is 12.0. The fourth-order valence-electron chi connectivity index (χ4n) is 2.12. The number of aromatic nitrogens is 2. The first-order valence-electron chi connectivity index (χ1n) is 6.84. The Bertz CT molecular complexity index is 834. The Hall–Kier alpha value is -2.87. The molecule has 0 fully saturated rings. The quantitative estimate of drug-likeness (QED) is 0.673. The number of hydrogen-bond acceptors (Lipinski definition) is 6. The van der Waals surface area contributed by atoms with Crippen LogP contribution in [0.3, 0.4) is 0 Å². The number of H-pyrrole nitrogens is 1. The molecule has 1 heterocycles. The maximum Gasteiger partial charge on any atom is 0.335 e. The van der Waals surface area contributed by atoms with Crippen LogP contribution in [0.2, 0.25) is 0 Å². The van der Waals surface area contributed by atoms with E-state index in [1.54, 1.807) is 24.3 Å². The van der Waals surface area contributed by atoms with Crippen molar-refractivity contribution >= 4 is 5.71 Å². The zero-order chi connectivity index (χ0) is 17.0. The van der Waals surface area contributed by atoms with Crippen LogP contribution in [0.5, 0.6) is 11.6 Å².